The Labute approximate surface area is 102 Å². The number of alkyl halides is 3. The molecule has 9 heteroatoms. The lowest BCUT2D eigenvalue weighted by atomic mass is 10.3. The summed E-state index contributed by atoms with van der Waals surface area (Å²) in [5.74, 6) is -0.657. The molecule has 0 aromatic heterocycles. The molecule has 0 aliphatic carbocycles. The van der Waals surface area contributed by atoms with Crippen molar-refractivity contribution in [1.29, 1.82) is 0 Å². The molecule has 0 saturated heterocycles. The fourth-order valence-electron chi connectivity index (χ4n) is 0.868. The van der Waals surface area contributed by atoms with Gasteiger partial charge in [-0.1, -0.05) is 0 Å². The summed E-state index contributed by atoms with van der Waals surface area (Å²) in [4.78, 5) is -0.490. The van der Waals surface area contributed by atoms with E-state index in [4.69, 9.17) is 10.7 Å². The minimum Gasteiger partial charge on any atom is -0.406 e. The fraction of sp³-hybridized carbons (Fsp3) is 0.143. The van der Waals surface area contributed by atoms with E-state index < -0.39 is 26.1 Å². The Morgan fingerprint density at radius 3 is 2.31 bits per heavy atom. The maximum atomic E-state index is 11.9. The molecule has 1 aromatic rings. The Morgan fingerprint density at radius 2 is 1.88 bits per heavy atom. The maximum Gasteiger partial charge on any atom is 0.573 e. The van der Waals surface area contributed by atoms with Crippen molar-refractivity contribution < 1.29 is 26.3 Å². The average molecular weight is 340 g/mol. The van der Waals surface area contributed by atoms with Gasteiger partial charge in [0.25, 0.3) is 9.05 Å². The van der Waals surface area contributed by atoms with Crippen molar-refractivity contribution in [2.24, 2.45) is 0 Å². The summed E-state index contributed by atoms with van der Waals surface area (Å²) >= 11 is 2.85. The smallest absolute Gasteiger partial charge is 0.406 e. The zero-order valence-corrected chi connectivity index (χ0v) is 10.4. The van der Waals surface area contributed by atoms with Crippen LogP contribution >= 0.6 is 26.6 Å². The predicted molar refractivity (Wildman–Crippen MR) is 53.9 cm³/mol. The van der Waals surface area contributed by atoms with E-state index in [1.165, 1.54) is 0 Å². The molecule has 0 aliphatic rings. The minimum absolute atomic E-state index is 0.0528. The Hall–Kier alpha value is -0.470. The van der Waals surface area contributed by atoms with Gasteiger partial charge in [0.2, 0.25) is 0 Å². The quantitative estimate of drug-likeness (QED) is 0.777. The summed E-state index contributed by atoms with van der Waals surface area (Å²) in [5.41, 5.74) is 0. The third-order valence-corrected chi connectivity index (χ3v) is 3.71. The van der Waals surface area contributed by atoms with E-state index in [1.54, 1.807) is 0 Å². The lowest BCUT2D eigenvalue weighted by Gasteiger charge is -2.09. The van der Waals surface area contributed by atoms with E-state index in [0.29, 0.717) is 6.07 Å². The highest BCUT2D eigenvalue weighted by Crippen LogP contribution is 2.31. The van der Waals surface area contributed by atoms with Crippen LogP contribution in [0.5, 0.6) is 5.75 Å². The Bertz CT molecular complexity index is 500. The lowest BCUT2D eigenvalue weighted by molar-refractivity contribution is -0.274. The van der Waals surface area contributed by atoms with Crippen molar-refractivity contribution in [2.45, 2.75) is 11.3 Å². The molecule has 16 heavy (non-hydrogen) atoms. The molecule has 0 fully saturated rings. The Kier molecular flexibility index (Phi) is 3.76. The first-order chi connectivity index (χ1) is 7.09. The van der Waals surface area contributed by atoms with E-state index >= 15 is 0 Å². The second-order valence-electron chi connectivity index (χ2n) is 2.58. The molecule has 0 N–H and O–H groups in total. The van der Waals surface area contributed by atoms with E-state index in [1.807, 2.05) is 0 Å². The summed E-state index contributed by atoms with van der Waals surface area (Å²) in [7, 11) is 0.879. The van der Waals surface area contributed by atoms with Gasteiger partial charge in [0.1, 0.15) is 10.6 Å². The van der Waals surface area contributed by atoms with Gasteiger partial charge < -0.3 is 4.74 Å². The monoisotopic (exact) mass is 338 g/mol. The molecule has 90 valence electrons. The highest BCUT2D eigenvalue weighted by atomic mass is 79.9. The second kappa shape index (κ2) is 4.42. The summed E-state index contributed by atoms with van der Waals surface area (Å²) in [5, 5.41) is 0. The van der Waals surface area contributed by atoms with Gasteiger partial charge in [-0.05, 0) is 28.1 Å². The van der Waals surface area contributed by atoms with Crippen LogP contribution in [0, 0.1) is 0 Å². The minimum atomic E-state index is -4.89. The molecule has 0 radical (unpaired) electrons. The van der Waals surface area contributed by atoms with Gasteiger partial charge in [-0.2, -0.15) is 0 Å². The van der Waals surface area contributed by atoms with Gasteiger partial charge in [0.15, 0.2) is 0 Å². The second-order valence-corrected chi connectivity index (χ2v) is 5.97. The highest BCUT2D eigenvalue weighted by Gasteiger charge is 2.31. The van der Waals surface area contributed by atoms with Crippen LogP contribution in [0.4, 0.5) is 13.2 Å². The van der Waals surface area contributed by atoms with Crippen molar-refractivity contribution in [3.05, 3.63) is 22.7 Å². The van der Waals surface area contributed by atoms with Crippen LogP contribution in [0.25, 0.3) is 0 Å². The first-order valence-electron chi connectivity index (χ1n) is 3.59. The Morgan fingerprint density at radius 1 is 1.31 bits per heavy atom. The molecular weight excluding hydrogens is 336 g/mol. The van der Waals surface area contributed by atoms with Crippen LogP contribution in [0.2, 0.25) is 0 Å². The van der Waals surface area contributed by atoms with Crippen LogP contribution in [0.3, 0.4) is 0 Å². The number of rotatable bonds is 2. The normalized spacial score (nSPS) is 12.6. The summed E-state index contributed by atoms with van der Waals surface area (Å²) in [6.07, 6.45) is -4.89. The first-order valence-corrected chi connectivity index (χ1v) is 6.70. The number of hydrogen-bond acceptors (Lipinski definition) is 3. The third kappa shape index (κ3) is 3.84. The van der Waals surface area contributed by atoms with Crippen molar-refractivity contribution in [2.75, 3.05) is 0 Å². The van der Waals surface area contributed by atoms with Gasteiger partial charge in [-0.15, -0.1) is 13.2 Å². The molecule has 0 atom stereocenters. The Balaban J connectivity index is 3.19. The summed E-state index contributed by atoms with van der Waals surface area (Å²) < 4.78 is 61.1. The molecule has 0 unspecified atom stereocenters. The molecule has 3 nitrogen and oxygen atoms in total. The van der Waals surface area contributed by atoms with E-state index in [0.717, 1.165) is 12.1 Å². The number of halogens is 5. The third-order valence-electron chi connectivity index (χ3n) is 1.40. The van der Waals surface area contributed by atoms with Gasteiger partial charge in [0, 0.05) is 21.2 Å². The molecule has 0 amide bonds. The van der Waals surface area contributed by atoms with Crippen molar-refractivity contribution in [1.82, 2.24) is 0 Å². The highest BCUT2D eigenvalue weighted by molar-refractivity contribution is 9.10. The van der Waals surface area contributed by atoms with Crippen molar-refractivity contribution in [3.63, 3.8) is 0 Å². The van der Waals surface area contributed by atoms with Crippen LogP contribution in [0.1, 0.15) is 0 Å². The van der Waals surface area contributed by atoms with E-state index in [2.05, 4.69) is 20.7 Å². The van der Waals surface area contributed by atoms with Crippen LogP contribution in [0.15, 0.2) is 27.6 Å². The van der Waals surface area contributed by atoms with Gasteiger partial charge in [-0.25, -0.2) is 8.42 Å². The van der Waals surface area contributed by atoms with Crippen molar-refractivity contribution >= 4 is 35.7 Å². The number of hydrogen-bond donors (Lipinski definition) is 0. The first kappa shape index (κ1) is 13.6. The molecule has 1 rings (SSSR count). The standard InChI is InChI=1S/C7H3BrClF3O3S/c8-5-2-1-4(15-7(10,11)12)3-6(5)16(9,13)14/h1-3H. The number of ether oxygens (including phenoxy) is 1. The molecule has 0 spiro atoms. The molecule has 1 aromatic carbocycles. The van der Waals surface area contributed by atoms with Gasteiger partial charge in [0.05, 0.1) is 0 Å². The van der Waals surface area contributed by atoms with Crippen LogP contribution in [-0.4, -0.2) is 14.8 Å². The largest absolute Gasteiger partial charge is 0.573 e. The van der Waals surface area contributed by atoms with Crippen molar-refractivity contribution in [3.8, 4) is 5.75 Å². The molecule has 0 heterocycles. The summed E-state index contributed by atoms with van der Waals surface area (Å²) in [6, 6.07) is 2.74. The number of benzene rings is 1. The lowest BCUT2D eigenvalue weighted by Crippen LogP contribution is -2.17. The fourth-order valence-corrected chi connectivity index (χ4v) is 2.97. The SMILES string of the molecule is O=S(=O)(Cl)c1cc(OC(F)(F)F)ccc1Br. The molecular formula is C7H3BrClF3O3S. The predicted octanol–water partition coefficient (Wildman–Crippen LogP) is 3.28. The van der Waals surface area contributed by atoms with Crippen LogP contribution in [-0.2, 0) is 9.05 Å². The van der Waals surface area contributed by atoms with Gasteiger partial charge >= 0.3 is 6.36 Å². The zero-order chi connectivity index (χ0) is 12.6. The maximum absolute atomic E-state index is 11.9. The average Bonchev–Trinajstić information content (AvgIpc) is 2.04. The zero-order valence-electron chi connectivity index (χ0n) is 7.25. The molecule has 0 saturated carbocycles. The topological polar surface area (TPSA) is 43.4 Å². The molecule has 0 aliphatic heterocycles. The van der Waals surface area contributed by atoms with E-state index in [-0.39, 0.29) is 4.47 Å². The van der Waals surface area contributed by atoms with Gasteiger partial charge in [-0.3, -0.25) is 0 Å². The summed E-state index contributed by atoms with van der Waals surface area (Å²) in [6.45, 7) is 0. The van der Waals surface area contributed by atoms with Crippen LogP contribution < -0.4 is 4.74 Å². The van der Waals surface area contributed by atoms with E-state index in [9.17, 15) is 21.6 Å². The molecule has 0 bridgehead atoms.